The van der Waals surface area contributed by atoms with Crippen LogP contribution in [-0.4, -0.2) is 19.0 Å². The van der Waals surface area contributed by atoms with Gasteiger partial charge in [0.2, 0.25) is 0 Å². The van der Waals surface area contributed by atoms with Crippen molar-refractivity contribution in [2.45, 2.75) is 26.0 Å². The van der Waals surface area contributed by atoms with Crippen molar-refractivity contribution in [2.75, 3.05) is 6.61 Å². The Balaban J connectivity index is 2.24. The van der Waals surface area contributed by atoms with Gasteiger partial charge in [-0.1, -0.05) is 0 Å². The van der Waals surface area contributed by atoms with E-state index in [4.69, 9.17) is 4.74 Å². The molecule has 0 spiro atoms. The predicted octanol–water partition coefficient (Wildman–Crippen LogP) is 1.21. The fraction of sp³-hybridized carbons (Fsp3) is 0.833. The zero-order valence-electron chi connectivity index (χ0n) is 5.13. The van der Waals surface area contributed by atoms with E-state index in [-0.39, 0.29) is 6.23 Å². The maximum Gasteiger partial charge on any atom is 0.147 e. The first-order valence-electron chi connectivity index (χ1n) is 3.03. The van der Waals surface area contributed by atoms with Gasteiger partial charge in [-0.3, -0.25) is 4.99 Å². The molecule has 0 N–H and O–H groups in total. The smallest absolute Gasteiger partial charge is 0.147 e. The van der Waals surface area contributed by atoms with Gasteiger partial charge in [0.05, 0.1) is 0 Å². The second-order valence-electron chi connectivity index (χ2n) is 1.87. The van der Waals surface area contributed by atoms with E-state index in [0.29, 0.717) is 0 Å². The van der Waals surface area contributed by atoms with Gasteiger partial charge in [-0.25, -0.2) is 0 Å². The van der Waals surface area contributed by atoms with Gasteiger partial charge in [0.25, 0.3) is 0 Å². The zero-order valence-corrected chi connectivity index (χ0v) is 5.13. The van der Waals surface area contributed by atoms with Gasteiger partial charge in [0.1, 0.15) is 6.23 Å². The van der Waals surface area contributed by atoms with Crippen molar-refractivity contribution in [2.24, 2.45) is 4.99 Å². The van der Waals surface area contributed by atoms with Gasteiger partial charge in [-0.2, -0.15) is 0 Å². The first-order valence-corrected chi connectivity index (χ1v) is 3.03. The molecule has 0 bridgehead atoms. The van der Waals surface area contributed by atoms with Crippen LogP contribution in [0.3, 0.4) is 0 Å². The maximum absolute atomic E-state index is 5.20. The van der Waals surface area contributed by atoms with E-state index in [1.54, 1.807) is 6.21 Å². The molecule has 1 fully saturated rings. The lowest BCUT2D eigenvalue weighted by Crippen LogP contribution is -1.98. The van der Waals surface area contributed by atoms with Gasteiger partial charge in [0.15, 0.2) is 0 Å². The van der Waals surface area contributed by atoms with E-state index < -0.39 is 0 Å². The molecular weight excluding hydrogens is 102 g/mol. The number of hydrogen-bond acceptors (Lipinski definition) is 2. The first kappa shape index (κ1) is 5.76. The van der Waals surface area contributed by atoms with Crippen LogP contribution in [0.25, 0.3) is 0 Å². The van der Waals surface area contributed by atoms with Gasteiger partial charge in [-0.15, -0.1) is 0 Å². The lowest BCUT2D eigenvalue weighted by Gasteiger charge is -1.98. The molecule has 0 aromatic rings. The van der Waals surface area contributed by atoms with Crippen LogP contribution >= 0.6 is 0 Å². The molecular formula is C6H11NO. The molecule has 1 saturated heterocycles. The van der Waals surface area contributed by atoms with Crippen LogP contribution in [0.5, 0.6) is 0 Å². The molecule has 1 unspecified atom stereocenters. The normalized spacial score (nSPS) is 29.9. The molecule has 0 aromatic carbocycles. The molecule has 0 radical (unpaired) electrons. The molecule has 1 rings (SSSR count). The highest BCUT2D eigenvalue weighted by atomic mass is 16.5. The van der Waals surface area contributed by atoms with Crippen LogP contribution in [0.1, 0.15) is 19.8 Å². The number of aliphatic imine (C=N–C) groups is 1. The average Bonchev–Trinajstić information content (AvgIpc) is 2.19. The molecule has 46 valence electrons. The predicted molar refractivity (Wildman–Crippen MR) is 33.1 cm³/mol. The lowest BCUT2D eigenvalue weighted by molar-refractivity contribution is 0.118. The molecule has 2 nitrogen and oxygen atoms in total. The topological polar surface area (TPSA) is 21.6 Å². The summed E-state index contributed by atoms with van der Waals surface area (Å²) in [7, 11) is 0. The SMILES string of the molecule is CC=NC1CCCO1. The van der Waals surface area contributed by atoms with Crippen LogP contribution in [0.15, 0.2) is 4.99 Å². The molecule has 2 heteroatoms. The second kappa shape index (κ2) is 2.82. The fourth-order valence-electron chi connectivity index (χ4n) is 0.844. The molecule has 1 aliphatic heterocycles. The van der Waals surface area contributed by atoms with E-state index in [9.17, 15) is 0 Å². The molecule has 8 heavy (non-hydrogen) atoms. The lowest BCUT2D eigenvalue weighted by atomic mass is 10.3. The Morgan fingerprint density at radius 1 is 1.75 bits per heavy atom. The van der Waals surface area contributed by atoms with Crippen LogP contribution < -0.4 is 0 Å². The van der Waals surface area contributed by atoms with Crippen molar-refractivity contribution in [1.82, 2.24) is 0 Å². The van der Waals surface area contributed by atoms with E-state index in [0.717, 1.165) is 13.0 Å². The van der Waals surface area contributed by atoms with Crippen molar-refractivity contribution in [1.29, 1.82) is 0 Å². The summed E-state index contributed by atoms with van der Waals surface area (Å²) < 4.78 is 5.20. The summed E-state index contributed by atoms with van der Waals surface area (Å²) in [6.07, 6.45) is 4.25. The van der Waals surface area contributed by atoms with E-state index in [1.165, 1.54) is 6.42 Å². The zero-order chi connectivity index (χ0) is 5.82. The third-order valence-corrected chi connectivity index (χ3v) is 1.22. The van der Waals surface area contributed by atoms with Crippen molar-refractivity contribution >= 4 is 6.21 Å². The van der Waals surface area contributed by atoms with Crippen LogP contribution in [0.2, 0.25) is 0 Å². The van der Waals surface area contributed by atoms with Crippen molar-refractivity contribution in [3.8, 4) is 0 Å². The standard InChI is InChI=1S/C6H11NO/c1-2-7-6-4-3-5-8-6/h2,6H,3-5H2,1H3. The first-order chi connectivity index (χ1) is 3.93. The Kier molecular flexibility index (Phi) is 2.03. The minimum atomic E-state index is 0.181. The summed E-state index contributed by atoms with van der Waals surface area (Å²) in [6, 6.07) is 0. The summed E-state index contributed by atoms with van der Waals surface area (Å²) >= 11 is 0. The average molecular weight is 113 g/mol. The highest BCUT2D eigenvalue weighted by molar-refractivity contribution is 5.53. The van der Waals surface area contributed by atoms with Crippen LogP contribution in [0.4, 0.5) is 0 Å². The summed E-state index contributed by atoms with van der Waals surface area (Å²) in [6.45, 7) is 2.81. The Hall–Kier alpha value is -0.370. The van der Waals surface area contributed by atoms with Crippen LogP contribution in [0, 0.1) is 0 Å². The second-order valence-corrected chi connectivity index (χ2v) is 1.87. The molecule has 1 aliphatic rings. The molecule has 1 heterocycles. The molecule has 0 aromatic heterocycles. The Labute approximate surface area is 49.6 Å². The number of hydrogen-bond donors (Lipinski definition) is 0. The summed E-state index contributed by atoms with van der Waals surface area (Å²) in [4.78, 5) is 4.08. The van der Waals surface area contributed by atoms with Crippen molar-refractivity contribution in [3.05, 3.63) is 0 Å². The highest BCUT2D eigenvalue weighted by Gasteiger charge is 2.11. The third kappa shape index (κ3) is 1.30. The van der Waals surface area contributed by atoms with Crippen molar-refractivity contribution in [3.63, 3.8) is 0 Å². The maximum atomic E-state index is 5.20. The Bertz CT molecular complexity index is 84.5. The van der Waals surface area contributed by atoms with Crippen LogP contribution in [-0.2, 0) is 4.74 Å². The molecule has 0 aliphatic carbocycles. The molecule has 0 amide bonds. The largest absolute Gasteiger partial charge is 0.357 e. The fourth-order valence-corrected chi connectivity index (χ4v) is 0.844. The summed E-state index contributed by atoms with van der Waals surface area (Å²) in [5, 5.41) is 0. The number of nitrogens with zero attached hydrogens (tertiary/aromatic N) is 1. The van der Waals surface area contributed by atoms with Gasteiger partial charge < -0.3 is 4.74 Å². The minimum absolute atomic E-state index is 0.181. The Morgan fingerprint density at radius 2 is 2.62 bits per heavy atom. The van der Waals surface area contributed by atoms with E-state index in [1.807, 2.05) is 6.92 Å². The molecule has 0 saturated carbocycles. The van der Waals surface area contributed by atoms with E-state index >= 15 is 0 Å². The van der Waals surface area contributed by atoms with Gasteiger partial charge in [0, 0.05) is 6.61 Å². The highest BCUT2D eigenvalue weighted by Crippen LogP contribution is 2.11. The quantitative estimate of drug-likeness (QED) is 0.468. The minimum Gasteiger partial charge on any atom is -0.357 e. The summed E-state index contributed by atoms with van der Waals surface area (Å²) in [5.41, 5.74) is 0. The molecule has 1 atom stereocenters. The van der Waals surface area contributed by atoms with Crippen molar-refractivity contribution < 1.29 is 4.74 Å². The monoisotopic (exact) mass is 113 g/mol. The Morgan fingerprint density at radius 3 is 3.12 bits per heavy atom. The number of rotatable bonds is 1. The number of ether oxygens (including phenoxy) is 1. The summed E-state index contributed by atoms with van der Waals surface area (Å²) in [5.74, 6) is 0. The third-order valence-electron chi connectivity index (χ3n) is 1.22. The van der Waals surface area contributed by atoms with Gasteiger partial charge >= 0.3 is 0 Å². The van der Waals surface area contributed by atoms with Gasteiger partial charge in [-0.05, 0) is 26.0 Å². The van der Waals surface area contributed by atoms with E-state index in [2.05, 4.69) is 4.99 Å².